The van der Waals surface area contributed by atoms with Gasteiger partial charge in [-0.1, -0.05) is 17.7 Å². The maximum absolute atomic E-state index is 14.7. The highest BCUT2D eigenvalue weighted by atomic mass is 35.5. The van der Waals surface area contributed by atoms with Crippen molar-refractivity contribution in [2.24, 2.45) is 0 Å². The molecule has 0 aliphatic rings. The van der Waals surface area contributed by atoms with Gasteiger partial charge in [0.05, 0.1) is 17.6 Å². The Hall–Kier alpha value is -3.02. The first-order valence-corrected chi connectivity index (χ1v) is 9.86. The third kappa shape index (κ3) is 3.99. The van der Waals surface area contributed by atoms with Crippen molar-refractivity contribution in [3.63, 3.8) is 0 Å². The third-order valence-electron chi connectivity index (χ3n) is 4.98. The quantitative estimate of drug-likeness (QED) is 0.441. The van der Waals surface area contributed by atoms with Crippen molar-refractivity contribution in [3.05, 3.63) is 82.5 Å². The number of nitrogens with zero attached hydrogens (tertiary/aromatic N) is 7. The van der Waals surface area contributed by atoms with Crippen LogP contribution in [0.1, 0.15) is 18.5 Å². The van der Waals surface area contributed by atoms with Crippen LogP contribution in [-0.4, -0.2) is 39.2 Å². The zero-order valence-corrected chi connectivity index (χ0v) is 17.7. The van der Waals surface area contributed by atoms with Crippen LogP contribution in [-0.2, 0) is 12.1 Å². The second kappa shape index (κ2) is 8.25. The van der Waals surface area contributed by atoms with E-state index in [1.165, 1.54) is 45.2 Å². The van der Waals surface area contributed by atoms with Crippen LogP contribution in [0, 0.1) is 16.4 Å². The molecule has 0 saturated heterocycles. The van der Waals surface area contributed by atoms with Crippen LogP contribution in [0.3, 0.4) is 0 Å². The van der Waals surface area contributed by atoms with Crippen LogP contribution < -0.4 is 0 Å². The summed E-state index contributed by atoms with van der Waals surface area (Å²) in [4.78, 5) is 8.07. The molecule has 0 radical (unpaired) electrons. The van der Waals surface area contributed by atoms with Gasteiger partial charge in [-0.25, -0.2) is 28.1 Å². The SMILES string of the molecule is C[C@@H](n1ncn(-c2ccc(Cl)cn2)c1=S)[C@](O)(Cn1cncn1)c1ccc(F)cc1F. The first kappa shape index (κ1) is 21.2. The smallest absolute Gasteiger partial charge is 0.203 e. The molecule has 0 saturated carbocycles. The van der Waals surface area contributed by atoms with Gasteiger partial charge in [-0.15, -0.1) is 0 Å². The lowest BCUT2D eigenvalue weighted by Crippen LogP contribution is -2.41. The molecule has 0 unspecified atom stereocenters. The molecule has 31 heavy (non-hydrogen) atoms. The summed E-state index contributed by atoms with van der Waals surface area (Å²) in [6, 6.07) is 5.42. The van der Waals surface area contributed by atoms with Gasteiger partial charge in [-0.05, 0) is 37.3 Å². The third-order valence-corrected chi connectivity index (χ3v) is 5.58. The molecule has 0 aliphatic heterocycles. The van der Waals surface area contributed by atoms with Gasteiger partial charge in [-0.2, -0.15) is 10.2 Å². The highest BCUT2D eigenvalue weighted by Crippen LogP contribution is 2.36. The van der Waals surface area contributed by atoms with Crippen LogP contribution in [0.4, 0.5) is 8.78 Å². The van der Waals surface area contributed by atoms with Gasteiger partial charge in [0.15, 0.2) is 0 Å². The zero-order valence-electron chi connectivity index (χ0n) is 16.1. The van der Waals surface area contributed by atoms with Crippen molar-refractivity contribution in [3.8, 4) is 5.82 Å². The number of aliphatic hydroxyl groups is 1. The van der Waals surface area contributed by atoms with E-state index in [0.29, 0.717) is 16.9 Å². The molecule has 0 bridgehead atoms. The molecule has 4 aromatic rings. The van der Waals surface area contributed by atoms with Crippen molar-refractivity contribution in [1.29, 1.82) is 0 Å². The molecule has 12 heteroatoms. The van der Waals surface area contributed by atoms with Crippen molar-refractivity contribution in [1.82, 2.24) is 34.1 Å². The van der Waals surface area contributed by atoms with Gasteiger partial charge in [0.25, 0.3) is 0 Å². The summed E-state index contributed by atoms with van der Waals surface area (Å²) < 4.78 is 32.7. The Bertz CT molecular complexity index is 1260. The van der Waals surface area contributed by atoms with Gasteiger partial charge < -0.3 is 5.11 Å². The topological polar surface area (TPSA) is 86.6 Å². The van der Waals surface area contributed by atoms with E-state index in [0.717, 1.165) is 6.07 Å². The summed E-state index contributed by atoms with van der Waals surface area (Å²) in [6.07, 6.45) is 5.58. The average Bonchev–Trinajstić information content (AvgIpc) is 3.37. The average molecular weight is 464 g/mol. The van der Waals surface area contributed by atoms with Crippen molar-refractivity contribution in [2.75, 3.05) is 0 Å². The van der Waals surface area contributed by atoms with E-state index in [1.807, 2.05) is 0 Å². The van der Waals surface area contributed by atoms with Crippen LogP contribution in [0.5, 0.6) is 0 Å². The number of hydrogen-bond acceptors (Lipinski definition) is 6. The number of rotatable bonds is 6. The Labute approximate surface area is 185 Å². The molecule has 4 rings (SSSR count). The summed E-state index contributed by atoms with van der Waals surface area (Å²) in [7, 11) is 0. The van der Waals surface area contributed by atoms with E-state index in [4.69, 9.17) is 23.8 Å². The van der Waals surface area contributed by atoms with E-state index in [1.54, 1.807) is 19.1 Å². The van der Waals surface area contributed by atoms with Crippen molar-refractivity contribution in [2.45, 2.75) is 25.1 Å². The molecule has 0 amide bonds. The predicted octanol–water partition coefficient (Wildman–Crippen LogP) is 3.47. The molecule has 2 atom stereocenters. The van der Waals surface area contributed by atoms with E-state index < -0.39 is 23.3 Å². The monoisotopic (exact) mass is 463 g/mol. The van der Waals surface area contributed by atoms with Crippen molar-refractivity contribution < 1.29 is 13.9 Å². The maximum Gasteiger partial charge on any atom is 0.203 e. The largest absolute Gasteiger partial charge is 0.381 e. The molecule has 0 spiro atoms. The molecule has 3 heterocycles. The van der Waals surface area contributed by atoms with Crippen LogP contribution >= 0.6 is 23.8 Å². The second-order valence-corrected chi connectivity index (χ2v) is 7.68. The summed E-state index contributed by atoms with van der Waals surface area (Å²) in [6.45, 7) is 1.45. The predicted molar refractivity (Wildman–Crippen MR) is 110 cm³/mol. The van der Waals surface area contributed by atoms with E-state index in [2.05, 4.69) is 20.2 Å². The lowest BCUT2D eigenvalue weighted by atomic mass is 9.86. The summed E-state index contributed by atoms with van der Waals surface area (Å²) in [5.74, 6) is -1.19. The molecule has 1 aromatic carbocycles. The second-order valence-electron chi connectivity index (χ2n) is 6.88. The van der Waals surface area contributed by atoms with Crippen LogP contribution in [0.25, 0.3) is 5.82 Å². The summed E-state index contributed by atoms with van der Waals surface area (Å²) >= 11 is 11.4. The summed E-state index contributed by atoms with van der Waals surface area (Å²) in [5.41, 5.74) is -2.02. The molecule has 0 fully saturated rings. The Morgan fingerprint density at radius 1 is 1.19 bits per heavy atom. The fourth-order valence-corrected chi connectivity index (χ4v) is 3.75. The van der Waals surface area contributed by atoms with Gasteiger partial charge >= 0.3 is 0 Å². The highest BCUT2D eigenvalue weighted by molar-refractivity contribution is 7.71. The normalized spacial score (nSPS) is 14.4. The zero-order chi connectivity index (χ0) is 22.2. The molecule has 0 aliphatic carbocycles. The number of benzene rings is 1. The molecule has 3 aromatic heterocycles. The van der Waals surface area contributed by atoms with Gasteiger partial charge in [-0.3, -0.25) is 4.57 Å². The lowest BCUT2D eigenvalue weighted by Gasteiger charge is -2.34. The van der Waals surface area contributed by atoms with E-state index >= 15 is 0 Å². The Morgan fingerprint density at radius 3 is 2.65 bits per heavy atom. The number of hydrogen-bond donors (Lipinski definition) is 1. The minimum atomic E-state index is -1.89. The summed E-state index contributed by atoms with van der Waals surface area (Å²) in [5, 5.41) is 20.4. The molecular weight excluding hydrogens is 448 g/mol. The first-order chi connectivity index (χ1) is 14.8. The fraction of sp³-hybridized carbons (Fsp3) is 0.211. The van der Waals surface area contributed by atoms with Crippen molar-refractivity contribution >= 4 is 23.8 Å². The van der Waals surface area contributed by atoms with Gasteiger partial charge in [0.1, 0.15) is 42.0 Å². The first-order valence-electron chi connectivity index (χ1n) is 9.08. The van der Waals surface area contributed by atoms with Gasteiger partial charge in [0, 0.05) is 17.8 Å². The van der Waals surface area contributed by atoms with E-state index in [-0.39, 0.29) is 16.9 Å². The minimum absolute atomic E-state index is 0.127. The Kier molecular flexibility index (Phi) is 5.65. The number of halogens is 3. The Morgan fingerprint density at radius 2 is 2.00 bits per heavy atom. The fourth-order valence-electron chi connectivity index (χ4n) is 3.30. The highest BCUT2D eigenvalue weighted by Gasteiger charge is 2.41. The van der Waals surface area contributed by atoms with E-state index in [9.17, 15) is 13.9 Å². The Balaban J connectivity index is 1.80. The number of aromatic nitrogens is 7. The molecular formula is C19H16ClF2N7OS. The van der Waals surface area contributed by atoms with Gasteiger partial charge in [0.2, 0.25) is 4.77 Å². The van der Waals surface area contributed by atoms with Crippen LogP contribution in [0.2, 0.25) is 5.02 Å². The maximum atomic E-state index is 14.7. The molecule has 8 nitrogen and oxygen atoms in total. The lowest BCUT2D eigenvalue weighted by molar-refractivity contribution is -0.0375. The molecule has 1 N–H and O–H groups in total. The standard InChI is InChI=1S/C19H16ClF2N7OS/c1-12(29-18(31)28(11-26-29)17-5-2-13(20)7-24-17)19(30,8-27-10-23-9-25-27)15-4-3-14(21)6-16(15)22/h2-7,9-12,30H,8H2,1H3/t12-,19-/m1/s1. The molecule has 160 valence electrons. The minimum Gasteiger partial charge on any atom is -0.381 e. The number of pyridine rings is 1. The van der Waals surface area contributed by atoms with Crippen LogP contribution in [0.15, 0.2) is 55.5 Å².